The van der Waals surface area contributed by atoms with Crippen LogP contribution in [0.15, 0.2) is 53.7 Å². The molecule has 0 spiro atoms. The Balaban J connectivity index is 1.80. The number of nitrogens with one attached hydrogen (secondary N) is 1. The summed E-state index contributed by atoms with van der Waals surface area (Å²) in [5.74, 6) is 0.624. The van der Waals surface area contributed by atoms with Crippen LogP contribution in [0.1, 0.15) is 34.6 Å². The van der Waals surface area contributed by atoms with Crippen molar-refractivity contribution in [3.8, 4) is 22.6 Å². The lowest BCUT2D eigenvalue weighted by molar-refractivity contribution is 0.0684. The zero-order chi connectivity index (χ0) is 25.8. The molecule has 1 aliphatic heterocycles. The van der Waals surface area contributed by atoms with Gasteiger partial charge in [-0.2, -0.15) is 0 Å². The molecule has 2 heterocycles. The SMILES string of the molecule is CN=C(N)NCc1cc2c(c(-c3ccc(F)cc3Cl)c1)OCCN(C(C)c1cc(OC)ccn1)C2=O. The number of nitrogens with zero attached hydrogens (tertiary/aromatic N) is 3. The van der Waals surface area contributed by atoms with E-state index in [0.717, 1.165) is 5.56 Å². The van der Waals surface area contributed by atoms with Crippen LogP contribution in [-0.4, -0.2) is 49.1 Å². The Kier molecular flexibility index (Phi) is 7.59. The highest BCUT2D eigenvalue weighted by atomic mass is 35.5. The first-order valence-electron chi connectivity index (χ1n) is 11.3. The van der Waals surface area contributed by atoms with E-state index in [4.69, 9.17) is 26.8 Å². The van der Waals surface area contributed by atoms with Crippen LogP contribution < -0.4 is 20.5 Å². The summed E-state index contributed by atoms with van der Waals surface area (Å²) in [7, 11) is 3.16. The van der Waals surface area contributed by atoms with Crippen LogP contribution in [-0.2, 0) is 6.54 Å². The zero-order valence-corrected chi connectivity index (χ0v) is 21.0. The van der Waals surface area contributed by atoms with Crippen LogP contribution in [0.5, 0.6) is 11.5 Å². The maximum absolute atomic E-state index is 13.9. The van der Waals surface area contributed by atoms with Crippen LogP contribution in [0.4, 0.5) is 4.39 Å². The van der Waals surface area contributed by atoms with Gasteiger partial charge in [0.05, 0.1) is 36.0 Å². The third-order valence-electron chi connectivity index (χ3n) is 6.04. The van der Waals surface area contributed by atoms with Crippen LogP contribution in [0.3, 0.4) is 0 Å². The molecule has 1 aromatic heterocycles. The number of hydrogen-bond donors (Lipinski definition) is 2. The number of ether oxygens (including phenoxy) is 2. The van der Waals surface area contributed by atoms with Gasteiger partial charge < -0.3 is 25.4 Å². The summed E-state index contributed by atoms with van der Waals surface area (Å²) in [6, 6.07) is 11.0. The van der Waals surface area contributed by atoms with Crippen LogP contribution in [0, 0.1) is 5.82 Å². The molecule has 0 saturated carbocycles. The van der Waals surface area contributed by atoms with E-state index in [0.29, 0.717) is 47.0 Å². The average molecular weight is 512 g/mol. The van der Waals surface area contributed by atoms with Gasteiger partial charge in [0.15, 0.2) is 5.96 Å². The summed E-state index contributed by atoms with van der Waals surface area (Å²) in [6.07, 6.45) is 1.65. The number of fused-ring (bicyclic) bond motifs is 1. The first-order chi connectivity index (χ1) is 17.3. The highest BCUT2D eigenvalue weighted by Gasteiger charge is 2.31. The number of aromatic nitrogens is 1. The Morgan fingerprint density at radius 2 is 2.06 bits per heavy atom. The van der Waals surface area contributed by atoms with Crippen LogP contribution >= 0.6 is 11.6 Å². The van der Waals surface area contributed by atoms with Gasteiger partial charge >= 0.3 is 0 Å². The Labute approximate surface area is 213 Å². The minimum atomic E-state index is -0.456. The highest BCUT2D eigenvalue weighted by Crippen LogP contribution is 2.41. The van der Waals surface area contributed by atoms with E-state index in [1.165, 1.54) is 12.1 Å². The van der Waals surface area contributed by atoms with Crippen LogP contribution in [0.25, 0.3) is 11.1 Å². The minimum Gasteiger partial charge on any atom is -0.497 e. The second-order valence-electron chi connectivity index (χ2n) is 8.25. The summed E-state index contributed by atoms with van der Waals surface area (Å²) < 4.78 is 25.2. The van der Waals surface area contributed by atoms with E-state index in [9.17, 15) is 9.18 Å². The third kappa shape index (κ3) is 5.21. The van der Waals surface area contributed by atoms with Crippen molar-refractivity contribution in [2.45, 2.75) is 19.5 Å². The van der Waals surface area contributed by atoms with E-state index >= 15 is 0 Å². The van der Waals surface area contributed by atoms with Gasteiger partial charge in [-0.3, -0.25) is 14.8 Å². The Morgan fingerprint density at radius 3 is 2.78 bits per heavy atom. The van der Waals surface area contributed by atoms with Crippen molar-refractivity contribution >= 4 is 23.5 Å². The third-order valence-corrected chi connectivity index (χ3v) is 6.35. The molecule has 0 saturated heterocycles. The molecule has 3 aromatic rings. The lowest BCUT2D eigenvalue weighted by atomic mass is 9.96. The zero-order valence-electron chi connectivity index (χ0n) is 20.2. The van der Waals surface area contributed by atoms with Crippen molar-refractivity contribution in [3.05, 3.63) is 76.3 Å². The predicted octanol–water partition coefficient (Wildman–Crippen LogP) is 4.18. The lowest BCUT2D eigenvalue weighted by Crippen LogP contribution is -2.35. The van der Waals surface area contributed by atoms with E-state index in [1.54, 1.807) is 43.5 Å². The number of halogens is 2. The van der Waals surface area contributed by atoms with Crippen molar-refractivity contribution in [1.82, 2.24) is 15.2 Å². The molecule has 1 unspecified atom stereocenters. The Hall–Kier alpha value is -3.85. The molecule has 0 fully saturated rings. The van der Waals surface area contributed by atoms with Gasteiger partial charge in [0.25, 0.3) is 5.91 Å². The topological polar surface area (TPSA) is 102 Å². The number of benzene rings is 2. The van der Waals surface area contributed by atoms with Crippen molar-refractivity contribution in [2.24, 2.45) is 10.7 Å². The monoisotopic (exact) mass is 511 g/mol. The molecule has 2 aromatic carbocycles. The molecule has 0 bridgehead atoms. The molecule has 8 nitrogen and oxygen atoms in total. The molecule has 36 heavy (non-hydrogen) atoms. The molecule has 1 aliphatic rings. The normalized spacial score (nSPS) is 14.5. The molecule has 1 amide bonds. The van der Waals surface area contributed by atoms with E-state index in [1.807, 2.05) is 19.1 Å². The van der Waals surface area contributed by atoms with Gasteiger partial charge in [0, 0.05) is 37.0 Å². The number of rotatable bonds is 6. The highest BCUT2D eigenvalue weighted by molar-refractivity contribution is 6.33. The average Bonchev–Trinajstić information content (AvgIpc) is 3.05. The molecule has 0 aliphatic carbocycles. The molecule has 0 radical (unpaired) electrons. The molecule has 188 valence electrons. The van der Waals surface area contributed by atoms with E-state index < -0.39 is 5.82 Å². The van der Waals surface area contributed by atoms with Gasteiger partial charge in [0.2, 0.25) is 0 Å². The van der Waals surface area contributed by atoms with E-state index in [-0.39, 0.29) is 29.5 Å². The summed E-state index contributed by atoms with van der Waals surface area (Å²) >= 11 is 6.41. The summed E-state index contributed by atoms with van der Waals surface area (Å²) in [4.78, 5) is 24.0. The molecular formula is C26H27ClFN5O3. The van der Waals surface area contributed by atoms with Gasteiger partial charge in [-0.15, -0.1) is 0 Å². The predicted molar refractivity (Wildman–Crippen MR) is 137 cm³/mol. The first-order valence-corrected chi connectivity index (χ1v) is 11.7. The summed E-state index contributed by atoms with van der Waals surface area (Å²) in [5, 5.41) is 3.22. The van der Waals surface area contributed by atoms with Crippen molar-refractivity contribution in [3.63, 3.8) is 0 Å². The summed E-state index contributed by atoms with van der Waals surface area (Å²) in [6.45, 7) is 2.81. The smallest absolute Gasteiger partial charge is 0.258 e. The molecular weight excluding hydrogens is 485 g/mol. The fourth-order valence-corrected chi connectivity index (χ4v) is 4.37. The largest absolute Gasteiger partial charge is 0.497 e. The number of nitrogens with two attached hydrogens (primary N) is 1. The van der Waals surface area contributed by atoms with Crippen molar-refractivity contribution in [1.29, 1.82) is 0 Å². The number of carbonyl (C=O) groups excluding carboxylic acids is 1. The molecule has 4 rings (SSSR count). The summed E-state index contributed by atoms with van der Waals surface area (Å²) in [5.41, 5.74) is 8.76. The Bertz CT molecular complexity index is 1320. The number of carbonyl (C=O) groups is 1. The van der Waals surface area contributed by atoms with Crippen molar-refractivity contribution in [2.75, 3.05) is 27.3 Å². The van der Waals surface area contributed by atoms with Gasteiger partial charge in [-0.1, -0.05) is 11.6 Å². The number of guanidine groups is 1. The van der Waals surface area contributed by atoms with Gasteiger partial charge in [-0.25, -0.2) is 4.39 Å². The van der Waals surface area contributed by atoms with Crippen molar-refractivity contribution < 1.29 is 18.7 Å². The van der Waals surface area contributed by atoms with E-state index in [2.05, 4.69) is 15.3 Å². The molecule has 3 N–H and O–H groups in total. The second kappa shape index (κ2) is 10.8. The van der Waals surface area contributed by atoms with Crippen LogP contribution in [0.2, 0.25) is 5.02 Å². The van der Waals surface area contributed by atoms with Gasteiger partial charge in [-0.05, 0) is 48.9 Å². The standard InChI is InChI=1S/C26H27ClFN5O3/c1-15(23-13-18(35-3)6-7-31-23)33-8-9-36-24-20(19-5-4-17(28)12-22(19)27)10-16(11-21(24)25(33)34)14-32-26(29)30-2/h4-7,10-13,15H,8-9,14H2,1-3H3,(H3,29,30,32). The van der Waals surface area contributed by atoms with Gasteiger partial charge in [0.1, 0.15) is 23.9 Å². The number of methoxy groups -OCH3 is 1. The lowest BCUT2D eigenvalue weighted by Gasteiger charge is -2.27. The minimum absolute atomic E-state index is 0.211. The second-order valence-corrected chi connectivity index (χ2v) is 8.66. The fraction of sp³-hybridized carbons (Fsp3) is 0.269. The number of amides is 1. The fourth-order valence-electron chi connectivity index (χ4n) is 4.10. The quantitative estimate of drug-likeness (QED) is 0.380. The number of aliphatic imine (C=N–C) groups is 1. The maximum atomic E-state index is 13.9. The Morgan fingerprint density at radius 1 is 1.28 bits per heavy atom. The first kappa shape index (κ1) is 25.2. The number of hydrogen-bond acceptors (Lipinski definition) is 5. The molecule has 10 heteroatoms. The maximum Gasteiger partial charge on any atom is 0.258 e. The number of pyridine rings is 1. The molecule has 1 atom stereocenters.